The van der Waals surface area contributed by atoms with Crippen LogP contribution in [0.4, 0.5) is 10.1 Å². The van der Waals surface area contributed by atoms with E-state index in [1.807, 2.05) is 6.07 Å². The Morgan fingerprint density at radius 2 is 2.22 bits per heavy atom. The van der Waals surface area contributed by atoms with Crippen LogP contribution in [0.15, 0.2) is 18.2 Å². The fraction of sp³-hybridized carbons (Fsp3) is 0.571. The summed E-state index contributed by atoms with van der Waals surface area (Å²) in [4.78, 5) is 2.23. The predicted molar refractivity (Wildman–Crippen MR) is 74.9 cm³/mol. The van der Waals surface area contributed by atoms with Crippen LogP contribution < -0.4 is 10.2 Å². The van der Waals surface area contributed by atoms with Crippen molar-refractivity contribution in [2.75, 3.05) is 18.0 Å². The van der Waals surface area contributed by atoms with Gasteiger partial charge in [0.05, 0.1) is 0 Å². The van der Waals surface area contributed by atoms with Crippen molar-refractivity contribution < 1.29 is 4.39 Å². The largest absolute Gasteiger partial charge is 0.366 e. The lowest BCUT2D eigenvalue weighted by molar-refractivity contribution is 0.285. The van der Waals surface area contributed by atoms with Gasteiger partial charge < -0.3 is 10.2 Å². The van der Waals surface area contributed by atoms with Gasteiger partial charge in [0.15, 0.2) is 0 Å². The molecule has 1 fully saturated rings. The number of hydrogen-bond donors (Lipinski definition) is 1. The molecule has 0 aliphatic carbocycles. The van der Waals surface area contributed by atoms with Gasteiger partial charge in [-0.2, -0.15) is 0 Å². The molecule has 2 nitrogen and oxygen atoms in total. The molecule has 1 aliphatic heterocycles. The number of benzene rings is 1. The Kier molecular flexibility index (Phi) is 3.83. The average Bonchev–Trinajstić information content (AvgIpc) is 2.31. The van der Waals surface area contributed by atoms with E-state index in [-0.39, 0.29) is 11.4 Å². The fourth-order valence-electron chi connectivity index (χ4n) is 2.38. The number of nitrogens with zero attached hydrogens (tertiary/aromatic N) is 1. The van der Waals surface area contributed by atoms with Crippen LogP contribution in [0.3, 0.4) is 0 Å². The molecule has 2 rings (SSSR count). The van der Waals surface area contributed by atoms with Crippen LogP contribution >= 0.6 is 11.6 Å². The van der Waals surface area contributed by atoms with Crippen LogP contribution in [0.5, 0.6) is 0 Å². The Hall–Kier alpha value is -0.800. The lowest BCUT2D eigenvalue weighted by atomic mass is 9.93. The molecule has 0 amide bonds. The van der Waals surface area contributed by atoms with Gasteiger partial charge in [0.25, 0.3) is 0 Å². The molecular weight excluding hydrogens is 251 g/mol. The summed E-state index contributed by atoms with van der Waals surface area (Å²) in [5.41, 5.74) is 0.944. The molecule has 0 aromatic heterocycles. The van der Waals surface area contributed by atoms with Crippen molar-refractivity contribution in [2.24, 2.45) is 0 Å². The predicted octanol–water partition coefficient (Wildman–Crippen LogP) is 3.45. The van der Waals surface area contributed by atoms with E-state index in [0.29, 0.717) is 11.1 Å². The molecule has 4 heteroatoms. The highest BCUT2D eigenvalue weighted by Gasteiger charge is 2.32. The molecule has 2 atom stereocenters. The summed E-state index contributed by atoms with van der Waals surface area (Å²) in [5, 5.41) is 4.01. The Morgan fingerprint density at radius 1 is 1.50 bits per heavy atom. The third-order valence-corrected chi connectivity index (χ3v) is 4.05. The van der Waals surface area contributed by atoms with Gasteiger partial charge >= 0.3 is 0 Å². The number of anilines is 1. The fourth-order valence-corrected chi connectivity index (χ4v) is 2.60. The first-order chi connectivity index (χ1) is 8.43. The summed E-state index contributed by atoms with van der Waals surface area (Å²) in [6.45, 7) is 8.27. The molecule has 1 N–H and O–H groups in total. The summed E-state index contributed by atoms with van der Waals surface area (Å²) in [7, 11) is 0. The molecule has 1 aromatic rings. The monoisotopic (exact) mass is 270 g/mol. The molecule has 1 aliphatic rings. The zero-order chi connectivity index (χ0) is 13.3. The third kappa shape index (κ3) is 2.78. The summed E-state index contributed by atoms with van der Waals surface area (Å²) in [5.74, 6) is -0.276. The van der Waals surface area contributed by atoms with Crippen LogP contribution in [0.1, 0.15) is 27.2 Å². The quantitative estimate of drug-likeness (QED) is 0.886. The van der Waals surface area contributed by atoms with Gasteiger partial charge in [-0.1, -0.05) is 18.5 Å². The van der Waals surface area contributed by atoms with Crippen LogP contribution in [0.2, 0.25) is 5.02 Å². The second-order valence-corrected chi connectivity index (χ2v) is 5.84. The van der Waals surface area contributed by atoms with Gasteiger partial charge in [-0.15, -0.1) is 0 Å². The Labute approximate surface area is 113 Å². The van der Waals surface area contributed by atoms with Crippen molar-refractivity contribution in [3.8, 4) is 0 Å². The molecule has 0 bridgehead atoms. The number of halogens is 2. The molecule has 0 radical (unpaired) electrons. The molecule has 18 heavy (non-hydrogen) atoms. The molecule has 1 saturated heterocycles. The van der Waals surface area contributed by atoms with Crippen molar-refractivity contribution in [1.29, 1.82) is 0 Å². The van der Waals surface area contributed by atoms with Crippen molar-refractivity contribution in [3.63, 3.8) is 0 Å². The Bertz CT molecular complexity index is 418. The maximum absolute atomic E-state index is 13.5. The Morgan fingerprint density at radius 3 is 2.83 bits per heavy atom. The van der Waals surface area contributed by atoms with E-state index in [1.54, 1.807) is 6.07 Å². The van der Waals surface area contributed by atoms with Crippen LogP contribution in [0, 0.1) is 5.82 Å². The van der Waals surface area contributed by atoms with Gasteiger partial charge in [0.2, 0.25) is 0 Å². The normalized spacial score (nSPS) is 28.5. The van der Waals surface area contributed by atoms with E-state index >= 15 is 0 Å². The zero-order valence-electron chi connectivity index (χ0n) is 11.1. The van der Waals surface area contributed by atoms with Gasteiger partial charge in [-0.3, -0.25) is 0 Å². The van der Waals surface area contributed by atoms with E-state index < -0.39 is 0 Å². The van der Waals surface area contributed by atoms with Gasteiger partial charge in [-0.05, 0) is 38.5 Å². The molecule has 2 unspecified atom stereocenters. The Balaban J connectivity index is 2.29. The summed E-state index contributed by atoms with van der Waals surface area (Å²) in [6, 6.07) is 5.07. The zero-order valence-corrected chi connectivity index (χ0v) is 11.9. The van der Waals surface area contributed by atoms with Gasteiger partial charge in [-0.25, -0.2) is 4.39 Å². The maximum Gasteiger partial charge on any atom is 0.126 e. The second kappa shape index (κ2) is 5.06. The van der Waals surface area contributed by atoms with E-state index in [1.165, 1.54) is 6.07 Å². The van der Waals surface area contributed by atoms with Crippen LogP contribution in [-0.4, -0.2) is 24.7 Å². The van der Waals surface area contributed by atoms with Crippen LogP contribution in [-0.2, 0) is 0 Å². The topological polar surface area (TPSA) is 15.3 Å². The molecule has 1 heterocycles. The van der Waals surface area contributed by atoms with Gasteiger partial charge in [0.1, 0.15) is 5.82 Å². The van der Waals surface area contributed by atoms with Crippen molar-refractivity contribution in [3.05, 3.63) is 29.0 Å². The highest BCUT2D eigenvalue weighted by molar-refractivity contribution is 6.30. The highest BCUT2D eigenvalue weighted by Crippen LogP contribution is 2.28. The number of nitrogens with one attached hydrogen (secondary N) is 1. The summed E-state index contributed by atoms with van der Waals surface area (Å²) >= 11 is 5.94. The van der Waals surface area contributed by atoms with Crippen LogP contribution in [0.25, 0.3) is 0 Å². The summed E-state index contributed by atoms with van der Waals surface area (Å²) in [6.07, 6.45) is 1.04. The minimum absolute atomic E-state index is 0.0747. The molecule has 0 saturated carbocycles. The second-order valence-electron chi connectivity index (χ2n) is 5.40. The van der Waals surface area contributed by atoms with Crippen molar-refractivity contribution in [1.82, 2.24) is 5.32 Å². The highest BCUT2D eigenvalue weighted by atomic mass is 35.5. The number of piperazine rings is 1. The first-order valence-corrected chi connectivity index (χ1v) is 6.79. The molecule has 0 spiro atoms. The van der Waals surface area contributed by atoms with E-state index in [4.69, 9.17) is 11.6 Å². The van der Waals surface area contributed by atoms with Gasteiger partial charge in [0, 0.05) is 35.4 Å². The standard InChI is InChI=1S/C14H20ClFN2/c1-4-14(3)9-18(10(2)8-17-14)13-6-11(15)5-12(16)7-13/h5-7,10,17H,4,8-9H2,1-3H3. The average molecular weight is 271 g/mol. The summed E-state index contributed by atoms with van der Waals surface area (Å²) < 4.78 is 13.5. The minimum atomic E-state index is -0.276. The van der Waals surface area contributed by atoms with E-state index in [9.17, 15) is 4.39 Å². The van der Waals surface area contributed by atoms with E-state index in [2.05, 4.69) is 31.0 Å². The SMILES string of the molecule is CCC1(C)CN(c2cc(F)cc(Cl)c2)C(C)CN1. The number of rotatable bonds is 2. The van der Waals surface area contributed by atoms with Crippen molar-refractivity contribution in [2.45, 2.75) is 38.8 Å². The minimum Gasteiger partial charge on any atom is -0.366 e. The molecule has 100 valence electrons. The smallest absolute Gasteiger partial charge is 0.126 e. The lowest BCUT2D eigenvalue weighted by Crippen LogP contribution is -2.62. The first kappa shape index (κ1) is 13.6. The lowest BCUT2D eigenvalue weighted by Gasteiger charge is -2.46. The van der Waals surface area contributed by atoms with Crippen molar-refractivity contribution >= 4 is 17.3 Å². The maximum atomic E-state index is 13.5. The molecular formula is C14H20ClFN2. The first-order valence-electron chi connectivity index (χ1n) is 6.41. The molecule has 1 aromatic carbocycles. The third-order valence-electron chi connectivity index (χ3n) is 3.83. The van der Waals surface area contributed by atoms with E-state index in [0.717, 1.165) is 25.2 Å². The number of hydrogen-bond acceptors (Lipinski definition) is 2.